The number of nitrogens with two attached hydrogens (primary N) is 1. The minimum atomic E-state index is -2.14. The fourth-order valence-electron chi connectivity index (χ4n) is 3.60. The van der Waals surface area contributed by atoms with Crippen LogP contribution in [0.15, 0.2) is 30.3 Å². The fourth-order valence-corrected chi connectivity index (χ4v) is 4.70. The summed E-state index contributed by atoms with van der Waals surface area (Å²) in [5, 5.41) is 12.8. The molecule has 0 aliphatic heterocycles. The molecule has 0 aromatic heterocycles. The third kappa shape index (κ3) is 10.2. The van der Waals surface area contributed by atoms with E-state index in [4.69, 9.17) is 14.9 Å². The zero-order chi connectivity index (χ0) is 28.7. The van der Waals surface area contributed by atoms with E-state index in [1.807, 2.05) is 30.3 Å². The highest BCUT2D eigenvalue weighted by Gasteiger charge is 2.47. The molecule has 0 fully saturated rings. The Morgan fingerprint density at radius 3 is 2.11 bits per heavy atom. The highest BCUT2D eigenvalue weighted by Crippen LogP contribution is 2.37. The number of carbonyl (C=O) groups excluding carboxylic acids is 2. The van der Waals surface area contributed by atoms with Gasteiger partial charge in [-0.2, -0.15) is 0 Å². The molecule has 8 nitrogen and oxygen atoms in total. The smallest absolute Gasteiger partial charge is 0.407 e. The first-order valence-electron chi connectivity index (χ1n) is 13.0. The molecule has 0 aliphatic carbocycles. The SMILES string of the molecule is CC(CO[Si](C)(C)C(C)(C)C)[C@](N)(C(=O)O)C(=O)CCC[C@@H](Cc1ccccc1)NC(=O)OC(C)(C)C. The molecule has 3 atom stereocenters. The Labute approximate surface area is 223 Å². The van der Waals surface area contributed by atoms with Crippen LogP contribution in [0, 0.1) is 5.92 Å². The van der Waals surface area contributed by atoms with E-state index in [1.54, 1.807) is 27.7 Å². The number of ether oxygens (including phenoxy) is 1. The standard InChI is InChI=1S/C28H48N2O6Si/c1-20(19-35-37(8,9)27(5,6)7)28(29,24(32)33)23(31)17-13-16-22(18-21-14-11-10-12-15-21)30-25(34)36-26(2,3)4/h10-12,14-15,20,22H,13,16-19,29H2,1-9H3,(H,30,34)(H,32,33)/t20?,22-,28+/m0/s1. The van der Waals surface area contributed by atoms with Gasteiger partial charge in [-0.15, -0.1) is 0 Å². The van der Waals surface area contributed by atoms with Crippen LogP contribution in [0.3, 0.4) is 0 Å². The van der Waals surface area contributed by atoms with Crippen LogP contribution in [-0.2, 0) is 25.2 Å². The summed E-state index contributed by atoms with van der Waals surface area (Å²) in [5.41, 5.74) is 4.60. The van der Waals surface area contributed by atoms with Crippen molar-refractivity contribution >= 4 is 26.2 Å². The number of carbonyl (C=O) groups is 3. The molecule has 0 saturated heterocycles. The summed E-state index contributed by atoms with van der Waals surface area (Å²) in [5.74, 6) is -2.59. The quantitative estimate of drug-likeness (QED) is 0.230. The van der Waals surface area contributed by atoms with E-state index in [-0.39, 0.29) is 24.1 Å². The molecule has 210 valence electrons. The monoisotopic (exact) mass is 536 g/mol. The van der Waals surface area contributed by atoms with Gasteiger partial charge in [0.25, 0.3) is 0 Å². The maximum atomic E-state index is 13.2. The Bertz CT molecular complexity index is 907. The van der Waals surface area contributed by atoms with Crippen LogP contribution in [0.25, 0.3) is 0 Å². The average Bonchev–Trinajstić information content (AvgIpc) is 2.75. The normalized spacial score (nSPS) is 15.8. The minimum absolute atomic E-state index is 0.0193. The third-order valence-electron chi connectivity index (χ3n) is 7.10. The van der Waals surface area contributed by atoms with Gasteiger partial charge in [-0.1, -0.05) is 58.0 Å². The first kappa shape index (κ1) is 32.8. The second-order valence-electron chi connectivity index (χ2n) is 12.5. The molecule has 0 aliphatic rings. The van der Waals surface area contributed by atoms with Crippen molar-refractivity contribution in [2.45, 2.75) is 109 Å². The average molecular weight is 537 g/mol. The van der Waals surface area contributed by atoms with Crippen molar-refractivity contribution in [1.29, 1.82) is 0 Å². The molecule has 4 N–H and O–H groups in total. The third-order valence-corrected chi connectivity index (χ3v) is 11.6. The van der Waals surface area contributed by atoms with Gasteiger partial charge in [0.15, 0.2) is 19.6 Å². The summed E-state index contributed by atoms with van der Waals surface area (Å²) in [6.07, 6.45) is 0.833. The molecular weight excluding hydrogens is 488 g/mol. The van der Waals surface area contributed by atoms with Crippen LogP contribution < -0.4 is 11.1 Å². The van der Waals surface area contributed by atoms with Crippen LogP contribution >= 0.6 is 0 Å². The number of amides is 1. The summed E-state index contributed by atoms with van der Waals surface area (Å²) in [7, 11) is -2.14. The molecule has 1 amide bonds. The Hall–Kier alpha value is -2.23. The van der Waals surface area contributed by atoms with Gasteiger partial charge < -0.3 is 25.3 Å². The van der Waals surface area contributed by atoms with Crippen LogP contribution in [0.2, 0.25) is 18.1 Å². The van der Waals surface area contributed by atoms with Gasteiger partial charge in [0.1, 0.15) is 5.60 Å². The summed E-state index contributed by atoms with van der Waals surface area (Å²) in [4.78, 5) is 37.7. The van der Waals surface area contributed by atoms with E-state index < -0.39 is 43.2 Å². The van der Waals surface area contributed by atoms with E-state index in [1.165, 1.54) is 0 Å². The van der Waals surface area contributed by atoms with Crippen molar-refractivity contribution in [3.8, 4) is 0 Å². The molecule has 0 saturated carbocycles. The Morgan fingerprint density at radius 1 is 1.05 bits per heavy atom. The lowest BCUT2D eigenvalue weighted by atomic mass is 9.80. The highest BCUT2D eigenvalue weighted by molar-refractivity contribution is 6.74. The number of aliphatic carboxylic acids is 1. The maximum absolute atomic E-state index is 13.2. The lowest BCUT2D eigenvalue weighted by Gasteiger charge is -2.39. The van der Waals surface area contributed by atoms with Crippen molar-refractivity contribution < 1.29 is 28.7 Å². The fraction of sp³-hybridized carbons (Fsp3) is 0.679. The van der Waals surface area contributed by atoms with Crippen LogP contribution in [0.1, 0.15) is 73.3 Å². The first-order valence-corrected chi connectivity index (χ1v) is 15.9. The zero-order valence-corrected chi connectivity index (χ0v) is 25.1. The van der Waals surface area contributed by atoms with Gasteiger partial charge in [0.05, 0.1) is 0 Å². The van der Waals surface area contributed by atoms with Crippen LogP contribution in [0.5, 0.6) is 0 Å². The van der Waals surface area contributed by atoms with Gasteiger partial charge in [0, 0.05) is 25.0 Å². The lowest BCUT2D eigenvalue weighted by molar-refractivity contribution is -0.151. The number of carboxylic acids is 1. The second-order valence-corrected chi connectivity index (χ2v) is 17.3. The number of carboxylic acid groups (broad SMARTS) is 1. The molecule has 1 unspecified atom stereocenters. The van der Waals surface area contributed by atoms with Crippen molar-refractivity contribution in [2.24, 2.45) is 11.7 Å². The highest BCUT2D eigenvalue weighted by atomic mass is 28.4. The molecule has 0 spiro atoms. The molecule has 37 heavy (non-hydrogen) atoms. The van der Waals surface area contributed by atoms with Gasteiger partial charge >= 0.3 is 12.1 Å². The number of rotatable bonds is 13. The lowest BCUT2D eigenvalue weighted by Crippen LogP contribution is -2.61. The number of hydrogen-bond acceptors (Lipinski definition) is 6. The predicted molar refractivity (Wildman–Crippen MR) is 149 cm³/mol. The summed E-state index contributed by atoms with van der Waals surface area (Å²) < 4.78 is 11.6. The van der Waals surface area contributed by atoms with Crippen LogP contribution in [-0.4, -0.2) is 55.1 Å². The number of nitrogens with one attached hydrogen (secondary N) is 1. The van der Waals surface area contributed by atoms with Gasteiger partial charge in [-0.25, -0.2) is 9.59 Å². The van der Waals surface area contributed by atoms with E-state index >= 15 is 0 Å². The van der Waals surface area contributed by atoms with Crippen molar-refractivity contribution in [1.82, 2.24) is 5.32 Å². The van der Waals surface area contributed by atoms with E-state index in [0.717, 1.165) is 5.56 Å². The van der Waals surface area contributed by atoms with E-state index in [0.29, 0.717) is 19.3 Å². The molecule has 0 radical (unpaired) electrons. The Kier molecular flexibility index (Phi) is 11.5. The summed E-state index contributed by atoms with van der Waals surface area (Å²) >= 11 is 0. The number of ketones is 1. The van der Waals surface area contributed by atoms with Crippen molar-refractivity contribution in [2.75, 3.05) is 6.61 Å². The van der Waals surface area contributed by atoms with Gasteiger partial charge in [-0.05, 0) is 63.7 Å². The molecule has 0 bridgehead atoms. The molecule has 1 aromatic carbocycles. The van der Waals surface area contributed by atoms with E-state index in [9.17, 15) is 19.5 Å². The molecule has 1 rings (SSSR count). The van der Waals surface area contributed by atoms with Crippen molar-refractivity contribution in [3.63, 3.8) is 0 Å². The molecule has 0 heterocycles. The number of benzene rings is 1. The number of hydrogen-bond donors (Lipinski definition) is 3. The van der Waals surface area contributed by atoms with Crippen molar-refractivity contribution in [3.05, 3.63) is 35.9 Å². The summed E-state index contributed by atoms with van der Waals surface area (Å²) in [6.45, 7) is 17.6. The van der Waals surface area contributed by atoms with Crippen LogP contribution in [0.4, 0.5) is 4.79 Å². The molecule has 1 aromatic rings. The number of Topliss-reactive ketones (excluding diaryl/α,β-unsaturated/α-hetero) is 1. The van der Waals surface area contributed by atoms with E-state index in [2.05, 4.69) is 39.2 Å². The zero-order valence-electron chi connectivity index (χ0n) is 24.1. The predicted octanol–water partition coefficient (Wildman–Crippen LogP) is 5.30. The number of alkyl carbamates (subject to hydrolysis) is 1. The maximum Gasteiger partial charge on any atom is 0.407 e. The second kappa shape index (κ2) is 13.0. The Balaban J connectivity index is 2.88. The van der Waals surface area contributed by atoms with Gasteiger partial charge in [0.2, 0.25) is 0 Å². The molecular formula is C28H48N2O6Si. The Morgan fingerprint density at radius 2 is 1.62 bits per heavy atom. The topological polar surface area (TPSA) is 128 Å². The minimum Gasteiger partial charge on any atom is -0.480 e. The van der Waals surface area contributed by atoms with Gasteiger partial charge in [-0.3, -0.25) is 4.79 Å². The largest absolute Gasteiger partial charge is 0.480 e. The first-order chi connectivity index (χ1) is 16.8. The summed E-state index contributed by atoms with van der Waals surface area (Å²) in [6, 6.07) is 9.41. The molecule has 9 heteroatoms.